The lowest BCUT2D eigenvalue weighted by Crippen LogP contribution is -2.49. The summed E-state index contributed by atoms with van der Waals surface area (Å²) >= 11 is 0. The lowest BCUT2D eigenvalue weighted by Gasteiger charge is -2.34. The molecule has 3 nitrogen and oxygen atoms in total. The third-order valence-corrected chi connectivity index (χ3v) is 4.62. The summed E-state index contributed by atoms with van der Waals surface area (Å²) in [5, 5.41) is 13.0. The van der Waals surface area contributed by atoms with Crippen LogP contribution in [0.2, 0.25) is 0 Å². The average molecular weight is 255 g/mol. The Balaban J connectivity index is 1.87. The van der Waals surface area contributed by atoms with Crippen molar-refractivity contribution in [2.75, 3.05) is 6.61 Å². The molecule has 1 aliphatic heterocycles. The van der Waals surface area contributed by atoms with Crippen LogP contribution in [0, 0.1) is 5.92 Å². The van der Waals surface area contributed by atoms with Crippen molar-refractivity contribution < 1.29 is 9.84 Å². The highest BCUT2D eigenvalue weighted by atomic mass is 16.5. The van der Waals surface area contributed by atoms with E-state index in [2.05, 4.69) is 33.0 Å². The predicted molar refractivity (Wildman–Crippen MR) is 73.6 cm³/mol. The second-order valence-corrected chi connectivity index (χ2v) is 7.29. The van der Waals surface area contributed by atoms with Crippen molar-refractivity contribution in [2.45, 2.75) is 83.1 Å². The summed E-state index contributed by atoms with van der Waals surface area (Å²) in [7, 11) is 0. The Bertz CT molecular complexity index is 280. The van der Waals surface area contributed by atoms with E-state index in [1.165, 1.54) is 12.8 Å². The Morgan fingerprint density at radius 3 is 2.17 bits per heavy atom. The van der Waals surface area contributed by atoms with Gasteiger partial charge in [0.05, 0.1) is 11.2 Å². The number of hydrogen-bond acceptors (Lipinski definition) is 3. The Hall–Kier alpha value is -0.120. The van der Waals surface area contributed by atoms with Crippen LogP contribution in [0.1, 0.15) is 59.8 Å². The van der Waals surface area contributed by atoms with Gasteiger partial charge in [0.1, 0.15) is 0 Å². The minimum absolute atomic E-state index is 0.0104. The van der Waals surface area contributed by atoms with Gasteiger partial charge in [0.2, 0.25) is 0 Å². The van der Waals surface area contributed by atoms with Gasteiger partial charge in [0, 0.05) is 18.7 Å². The molecule has 1 aliphatic carbocycles. The fraction of sp³-hybridized carbons (Fsp3) is 1.00. The molecule has 1 atom stereocenters. The summed E-state index contributed by atoms with van der Waals surface area (Å²) in [6, 6.07) is 1.05. The van der Waals surface area contributed by atoms with Gasteiger partial charge in [-0.15, -0.1) is 0 Å². The number of nitrogens with one attached hydrogen (secondary N) is 1. The van der Waals surface area contributed by atoms with Crippen molar-refractivity contribution in [3.63, 3.8) is 0 Å². The maximum atomic E-state index is 9.17. The molecular weight excluding hydrogens is 226 g/mol. The van der Waals surface area contributed by atoms with Crippen molar-refractivity contribution in [3.8, 4) is 0 Å². The van der Waals surface area contributed by atoms with Crippen molar-refractivity contribution in [1.29, 1.82) is 0 Å². The molecule has 0 aromatic carbocycles. The van der Waals surface area contributed by atoms with Gasteiger partial charge in [0.25, 0.3) is 0 Å². The van der Waals surface area contributed by atoms with Crippen molar-refractivity contribution in [1.82, 2.24) is 5.32 Å². The fourth-order valence-corrected chi connectivity index (χ4v) is 3.62. The maximum Gasteiger partial charge on any atom is 0.0787 e. The summed E-state index contributed by atoms with van der Waals surface area (Å²) < 4.78 is 6.13. The Morgan fingerprint density at radius 1 is 1.11 bits per heavy atom. The third kappa shape index (κ3) is 3.25. The van der Waals surface area contributed by atoms with Gasteiger partial charge in [-0.05, 0) is 65.7 Å². The zero-order chi connectivity index (χ0) is 13.4. The minimum atomic E-state index is -0.0721. The second kappa shape index (κ2) is 5.10. The van der Waals surface area contributed by atoms with Crippen LogP contribution in [0.15, 0.2) is 0 Å². The number of aliphatic hydroxyl groups excluding tert-OH is 1. The SMILES string of the molecule is CC1(C)CC(NC2CCC(CO)CC2)C(C)(C)O1. The molecule has 18 heavy (non-hydrogen) atoms. The average Bonchev–Trinajstić information content (AvgIpc) is 2.48. The third-order valence-electron chi connectivity index (χ3n) is 4.62. The van der Waals surface area contributed by atoms with Crippen LogP contribution in [0.25, 0.3) is 0 Å². The maximum absolute atomic E-state index is 9.17. The summed E-state index contributed by atoms with van der Waals surface area (Å²) in [6.07, 6.45) is 5.79. The standard InChI is InChI=1S/C15H29NO2/c1-14(2)9-13(15(3,4)18-14)16-12-7-5-11(10-17)6-8-12/h11-13,16-17H,5-10H2,1-4H3. The molecule has 2 aliphatic rings. The van der Waals surface area contributed by atoms with Crippen molar-refractivity contribution in [2.24, 2.45) is 5.92 Å². The summed E-state index contributed by atoms with van der Waals surface area (Å²) in [5.41, 5.74) is -0.0825. The van der Waals surface area contributed by atoms with E-state index in [4.69, 9.17) is 4.74 Å². The van der Waals surface area contributed by atoms with Crippen LogP contribution in [0.4, 0.5) is 0 Å². The molecule has 0 spiro atoms. The Kier molecular flexibility index (Phi) is 4.05. The quantitative estimate of drug-likeness (QED) is 0.814. The van der Waals surface area contributed by atoms with Gasteiger partial charge in [-0.1, -0.05) is 0 Å². The van der Waals surface area contributed by atoms with Gasteiger partial charge in [-0.25, -0.2) is 0 Å². The van der Waals surface area contributed by atoms with Crippen LogP contribution < -0.4 is 5.32 Å². The summed E-state index contributed by atoms with van der Waals surface area (Å²) in [5.74, 6) is 0.535. The summed E-state index contributed by atoms with van der Waals surface area (Å²) in [4.78, 5) is 0. The molecule has 1 saturated heterocycles. The Labute approximate surface area is 111 Å². The lowest BCUT2D eigenvalue weighted by atomic mass is 9.85. The van der Waals surface area contributed by atoms with E-state index in [0.29, 0.717) is 24.6 Å². The molecular formula is C15H29NO2. The van der Waals surface area contributed by atoms with Crippen molar-refractivity contribution in [3.05, 3.63) is 0 Å². The number of rotatable bonds is 3. The smallest absolute Gasteiger partial charge is 0.0787 e. The Morgan fingerprint density at radius 2 is 1.72 bits per heavy atom. The molecule has 2 rings (SSSR count). The molecule has 2 fully saturated rings. The number of hydrogen-bond donors (Lipinski definition) is 2. The van der Waals surface area contributed by atoms with E-state index < -0.39 is 0 Å². The molecule has 0 aromatic heterocycles. The van der Waals surface area contributed by atoms with E-state index in [9.17, 15) is 5.11 Å². The first-order valence-corrected chi connectivity index (χ1v) is 7.39. The monoisotopic (exact) mass is 255 g/mol. The van der Waals surface area contributed by atoms with E-state index >= 15 is 0 Å². The van der Waals surface area contributed by atoms with Crippen LogP contribution in [-0.2, 0) is 4.74 Å². The van der Waals surface area contributed by atoms with Gasteiger partial charge < -0.3 is 15.2 Å². The molecule has 106 valence electrons. The van der Waals surface area contributed by atoms with E-state index in [0.717, 1.165) is 19.3 Å². The topological polar surface area (TPSA) is 41.5 Å². The minimum Gasteiger partial charge on any atom is -0.396 e. The molecule has 0 radical (unpaired) electrons. The van der Waals surface area contributed by atoms with Crippen LogP contribution >= 0.6 is 0 Å². The first kappa shape index (κ1) is 14.3. The van der Waals surface area contributed by atoms with Gasteiger partial charge in [-0.3, -0.25) is 0 Å². The number of aliphatic hydroxyl groups is 1. The highest BCUT2D eigenvalue weighted by Gasteiger charge is 2.46. The largest absolute Gasteiger partial charge is 0.396 e. The van der Waals surface area contributed by atoms with Crippen molar-refractivity contribution >= 4 is 0 Å². The molecule has 1 heterocycles. The second-order valence-electron chi connectivity index (χ2n) is 7.29. The highest BCUT2D eigenvalue weighted by Crippen LogP contribution is 2.38. The molecule has 0 bridgehead atoms. The molecule has 1 unspecified atom stereocenters. The van der Waals surface area contributed by atoms with Gasteiger partial charge >= 0.3 is 0 Å². The van der Waals surface area contributed by atoms with Gasteiger partial charge in [0.15, 0.2) is 0 Å². The predicted octanol–water partition coefficient (Wildman–Crippen LogP) is 2.47. The van der Waals surface area contributed by atoms with Crippen LogP contribution in [0.3, 0.4) is 0 Å². The zero-order valence-electron chi connectivity index (χ0n) is 12.3. The molecule has 2 N–H and O–H groups in total. The lowest BCUT2D eigenvalue weighted by molar-refractivity contribution is -0.0708. The van der Waals surface area contributed by atoms with Gasteiger partial charge in [-0.2, -0.15) is 0 Å². The molecule has 0 amide bonds. The van der Waals surface area contributed by atoms with E-state index in [-0.39, 0.29) is 11.2 Å². The first-order chi connectivity index (χ1) is 8.32. The molecule has 1 saturated carbocycles. The molecule has 3 heteroatoms. The number of ether oxygens (including phenoxy) is 1. The van der Waals surface area contributed by atoms with Crippen LogP contribution in [0.5, 0.6) is 0 Å². The van der Waals surface area contributed by atoms with Crippen LogP contribution in [-0.4, -0.2) is 35.0 Å². The first-order valence-electron chi connectivity index (χ1n) is 7.39. The van der Waals surface area contributed by atoms with E-state index in [1.807, 2.05) is 0 Å². The normalized spacial score (nSPS) is 38.8. The summed E-state index contributed by atoms with van der Waals surface area (Å²) in [6.45, 7) is 9.10. The van der Waals surface area contributed by atoms with E-state index in [1.54, 1.807) is 0 Å². The highest BCUT2D eigenvalue weighted by molar-refractivity contribution is 5.00. The molecule has 0 aromatic rings. The fourth-order valence-electron chi connectivity index (χ4n) is 3.62. The zero-order valence-corrected chi connectivity index (χ0v) is 12.3.